The summed E-state index contributed by atoms with van der Waals surface area (Å²) >= 11 is 0. The van der Waals surface area contributed by atoms with Crippen molar-refractivity contribution in [3.8, 4) is 5.75 Å². The number of nitrogens with zero attached hydrogens (tertiary/aromatic N) is 4. The molecule has 0 atom stereocenters. The van der Waals surface area contributed by atoms with Crippen LogP contribution in [-0.4, -0.2) is 59.6 Å². The fourth-order valence-corrected chi connectivity index (χ4v) is 3.24. The van der Waals surface area contributed by atoms with E-state index in [2.05, 4.69) is 32.0 Å². The molecule has 0 saturated carbocycles. The van der Waals surface area contributed by atoms with Gasteiger partial charge in [-0.3, -0.25) is 4.79 Å². The van der Waals surface area contributed by atoms with Gasteiger partial charge >= 0.3 is 0 Å². The molecule has 0 radical (unpaired) electrons. The Morgan fingerprint density at radius 2 is 1.89 bits per heavy atom. The molecule has 28 heavy (non-hydrogen) atoms. The second-order valence-electron chi connectivity index (χ2n) is 7.20. The van der Waals surface area contributed by atoms with E-state index in [4.69, 9.17) is 4.74 Å². The second kappa shape index (κ2) is 9.01. The molecule has 0 spiro atoms. The lowest BCUT2D eigenvalue weighted by Crippen LogP contribution is -2.46. The SMILES string of the molecule is CCN1CCN(c2cc(C(=O)Nc3ccccc3OC(C)C)nc(C)n2)CC1. The van der Waals surface area contributed by atoms with Crippen molar-refractivity contribution in [3.05, 3.63) is 41.9 Å². The number of para-hydroxylation sites is 2. The lowest BCUT2D eigenvalue weighted by atomic mass is 10.2. The Hall–Kier alpha value is -2.67. The number of aromatic nitrogens is 2. The maximum Gasteiger partial charge on any atom is 0.274 e. The number of anilines is 2. The van der Waals surface area contributed by atoms with Gasteiger partial charge in [-0.25, -0.2) is 9.97 Å². The summed E-state index contributed by atoms with van der Waals surface area (Å²) in [6.07, 6.45) is 0.0211. The first-order chi connectivity index (χ1) is 13.5. The molecule has 2 heterocycles. The fourth-order valence-electron chi connectivity index (χ4n) is 3.24. The van der Waals surface area contributed by atoms with E-state index in [9.17, 15) is 4.79 Å². The molecule has 2 aromatic rings. The number of benzene rings is 1. The predicted octanol–water partition coefficient (Wildman–Crippen LogP) is 2.97. The molecule has 1 N–H and O–H groups in total. The first-order valence-corrected chi connectivity index (χ1v) is 9.86. The maximum absolute atomic E-state index is 12.9. The Labute approximate surface area is 166 Å². The zero-order valence-corrected chi connectivity index (χ0v) is 17.1. The fraction of sp³-hybridized carbons (Fsp3) is 0.476. The molecule has 0 bridgehead atoms. The molecule has 7 heteroatoms. The van der Waals surface area contributed by atoms with Crippen LogP contribution in [0.25, 0.3) is 0 Å². The van der Waals surface area contributed by atoms with Gasteiger partial charge in [0.2, 0.25) is 0 Å². The van der Waals surface area contributed by atoms with Crippen LogP contribution in [0.5, 0.6) is 5.75 Å². The molecule has 3 rings (SSSR count). The molecule has 1 saturated heterocycles. The Morgan fingerprint density at radius 1 is 1.18 bits per heavy atom. The minimum Gasteiger partial charge on any atom is -0.489 e. The highest BCUT2D eigenvalue weighted by molar-refractivity contribution is 6.04. The summed E-state index contributed by atoms with van der Waals surface area (Å²) in [7, 11) is 0. The molecule has 0 aliphatic carbocycles. The number of amides is 1. The van der Waals surface area contributed by atoms with E-state index >= 15 is 0 Å². The van der Waals surface area contributed by atoms with Crippen molar-refractivity contribution in [2.75, 3.05) is 42.9 Å². The molecule has 1 amide bonds. The summed E-state index contributed by atoms with van der Waals surface area (Å²) in [5, 5.41) is 2.92. The van der Waals surface area contributed by atoms with Crippen LogP contribution in [0.15, 0.2) is 30.3 Å². The summed E-state index contributed by atoms with van der Waals surface area (Å²) < 4.78 is 5.79. The highest BCUT2D eigenvalue weighted by Gasteiger charge is 2.20. The lowest BCUT2D eigenvalue weighted by Gasteiger charge is -2.34. The standard InChI is InChI=1S/C21H29N5O2/c1-5-25-10-12-26(13-11-25)20-14-18(22-16(4)23-20)21(27)24-17-8-6-7-9-19(17)28-15(2)3/h6-9,14-15H,5,10-13H2,1-4H3,(H,24,27). The van der Waals surface area contributed by atoms with Crippen LogP contribution in [-0.2, 0) is 0 Å². The zero-order chi connectivity index (χ0) is 20.1. The summed E-state index contributed by atoms with van der Waals surface area (Å²) in [6, 6.07) is 9.20. The number of piperazine rings is 1. The van der Waals surface area contributed by atoms with Crippen molar-refractivity contribution in [1.29, 1.82) is 0 Å². The molecule has 1 fully saturated rings. The van der Waals surface area contributed by atoms with Gasteiger partial charge in [0, 0.05) is 32.2 Å². The average molecular weight is 383 g/mol. The molecule has 1 aromatic heterocycles. The number of ether oxygens (including phenoxy) is 1. The van der Waals surface area contributed by atoms with E-state index in [1.54, 1.807) is 6.07 Å². The van der Waals surface area contributed by atoms with Gasteiger partial charge in [0.25, 0.3) is 5.91 Å². The number of hydrogen-bond acceptors (Lipinski definition) is 6. The molecule has 1 aliphatic heterocycles. The first-order valence-electron chi connectivity index (χ1n) is 9.86. The highest BCUT2D eigenvalue weighted by atomic mass is 16.5. The van der Waals surface area contributed by atoms with Crippen LogP contribution < -0.4 is 15.0 Å². The Bertz CT molecular complexity index is 816. The Kier molecular flexibility index (Phi) is 6.46. The van der Waals surface area contributed by atoms with Crippen molar-refractivity contribution in [2.24, 2.45) is 0 Å². The van der Waals surface area contributed by atoms with E-state index in [1.165, 1.54) is 0 Å². The Balaban J connectivity index is 1.77. The van der Waals surface area contributed by atoms with Crippen molar-refractivity contribution in [3.63, 3.8) is 0 Å². The van der Waals surface area contributed by atoms with Crippen molar-refractivity contribution >= 4 is 17.4 Å². The van der Waals surface area contributed by atoms with Gasteiger partial charge in [0.05, 0.1) is 11.8 Å². The van der Waals surface area contributed by atoms with Crippen LogP contribution in [0.4, 0.5) is 11.5 Å². The topological polar surface area (TPSA) is 70.6 Å². The summed E-state index contributed by atoms with van der Waals surface area (Å²) in [5.74, 6) is 1.78. The number of likely N-dealkylation sites (N-methyl/N-ethyl adjacent to an activating group) is 1. The largest absolute Gasteiger partial charge is 0.489 e. The normalized spacial score (nSPS) is 15.0. The third-order valence-electron chi connectivity index (χ3n) is 4.70. The minimum absolute atomic E-state index is 0.0211. The van der Waals surface area contributed by atoms with Crippen LogP contribution in [0.2, 0.25) is 0 Å². The van der Waals surface area contributed by atoms with Crippen LogP contribution >= 0.6 is 0 Å². The van der Waals surface area contributed by atoms with Crippen molar-refractivity contribution < 1.29 is 9.53 Å². The number of hydrogen-bond donors (Lipinski definition) is 1. The van der Waals surface area contributed by atoms with E-state index < -0.39 is 0 Å². The average Bonchev–Trinajstić information content (AvgIpc) is 2.68. The zero-order valence-electron chi connectivity index (χ0n) is 17.1. The summed E-state index contributed by atoms with van der Waals surface area (Å²) in [4.78, 5) is 26.4. The van der Waals surface area contributed by atoms with Crippen LogP contribution in [0.1, 0.15) is 37.1 Å². The summed E-state index contributed by atoms with van der Waals surface area (Å²) in [5.41, 5.74) is 0.996. The predicted molar refractivity (Wildman–Crippen MR) is 111 cm³/mol. The van der Waals surface area contributed by atoms with Crippen LogP contribution in [0, 0.1) is 6.92 Å². The van der Waals surface area contributed by atoms with Gasteiger partial charge < -0.3 is 19.9 Å². The molecule has 0 unspecified atom stereocenters. The highest BCUT2D eigenvalue weighted by Crippen LogP contribution is 2.25. The third-order valence-corrected chi connectivity index (χ3v) is 4.70. The maximum atomic E-state index is 12.9. The van der Waals surface area contributed by atoms with Gasteiger partial charge in [-0.1, -0.05) is 19.1 Å². The molecule has 1 aliphatic rings. The lowest BCUT2D eigenvalue weighted by molar-refractivity contribution is 0.102. The summed E-state index contributed by atoms with van der Waals surface area (Å²) in [6.45, 7) is 12.8. The first kappa shape index (κ1) is 20.1. The molecule has 7 nitrogen and oxygen atoms in total. The monoisotopic (exact) mass is 383 g/mol. The number of rotatable bonds is 6. The molecular weight excluding hydrogens is 354 g/mol. The second-order valence-corrected chi connectivity index (χ2v) is 7.20. The van der Waals surface area contributed by atoms with E-state index in [1.807, 2.05) is 45.0 Å². The van der Waals surface area contributed by atoms with E-state index in [0.29, 0.717) is 23.0 Å². The van der Waals surface area contributed by atoms with Crippen molar-refractivity contribution in [1.82, 2.24) is 14.9 Å². The number of aryl methyl sites for hydroxylation is 1. The van der Waals surface area contributed by atoms with Gasteiger partial charge in [0.15, 0.2) is 0 Å². The van der Waals surface area contributed by atoms with Gasteiger partial charge in [-0.05, 0) is 39.4 Å². The number of carbonyl (C=O) groups excluding carboxylic acids is 1. The third kappa shape index (κ3) is 4.98. The molecule has 150 valence electrons. The Morgan fingerprint density at radius 3 is 2.57 bits per heavy atom. The number of carbonyl (C=O) groups is 1. The molecular formula is C21H29N5O2. The minimum atomic E-state index is -0.265. The van der Waals surface area contributed by atoms with Gasteiger partial charge in [0.1, 0.15) is 23.1 Å². The van der Waals surface area contributed by atoms with Crippen molar-refractivity contribution in [2.45, 2.75) is 33.8 Å². The number of nitrogens with one attached hydrogen (secondary N) is 1. The van der Waals surface area contributed by atoms with Gasteiger partial charge in [-0.15, -0.1) is 0 Å². The quantitative estimate of drug-likeness (QED) is 0.827. The smallest absolute Gasteiger partial charge is 0.274 e. The van der Waals surface area contributed by atoms with E-state index in [0.717, 1.165) is 38.5 Å². The van der Waals surface area contributed by atoms with Gasteiger partial charge in [-0.2, -0.15) is 0 Å². The van der Waals surface area contributed by atoms with E-state index in [-0.39, 0.29) is 12.0 Å². The van der Waals surface area contributed by atoms with Crippen LogP contribution in [0.3, 0.4) is 0 Å². The molecule has 1 aromatic carbocycles.